The quantitative estimate of drug-likeness (QED) is 0.234. The van der Waals surface area contributed by atoms with Crippen LogP contribution in [0.1, 0.15) is 21.7 Å². The summed E-state index contributed by atoms with van der Waals surface area (Å²) in [6, 6.07) is 25.4. The molecule has 0 atom stereocenters. The number of esters is 1. The van der Waals surface area contributed by atoms with Gasteiger partial charge in [-0.3, -0.25) is 4.99 Å². The molecule has 32 heavy (non-hydrogen) atoms. The number of aliphatic imine (C=N–C) groups is 1. The summed E-state index contributed by atoms with van der Waals surface area (Å²) in [6.07, 6.45) is 1.65. The van der Waals surface area contributed by atoms with Crippen molar-refractivity contribution < 1.29 is 18.7 Å². The molecule has 0 spiro atoms. The van der Waals surface area contributed by atoms with Crippen LogP contribution in [0, 0.1) is 0 Å². The van der Waals surface area contributed by atoms with E-state index in [9.17, 15) is 4.79 Å². The lowest BCUT2D eigenvalue weighted by Crippen LogP contribution is -2.05. The maximum Gasteiger partial charge on any atom is 0.338 e. The van der Waals surface area contributed by atoms with E-state index < -0.39 is 5.97 Å². The number of methoxy groups -OCH3 is 1. The summed E-state index contributed by atoms with van der Waals surface area (Å²) in [5.41, 5.74) is 2.73. The van der Waals surface area contributed by atoms with E-state index >= 15 is 0 Å². The standard InChI is InChI=1S/C26H20ClNO4/c1-30-22-11-9-21(10-12-22)28-16-23-13-14-25(32-23)18-6-4-7-19(15-18)26(29)31-17-20-5-2-3-8-24(20)27/h2-16H,17H2,1H3. The van der Waals surface area contributed by atoms with Gasteiger partial charge >= 0.3 is 5.97 Å². The lowest BCUT2D eigenvalue weighted by atomic mass is 10.1. The molecule has 0 bridgehead atoms. The summed E-state index contributed by atoms with van der Waals surface area (Å²) < 4.78 is 16.4. The van der Waals surface area contributed by atoms with Gasteiger partial charge in [-0.05, 0) is 54.6 Å². The van der Waals surface area contributed by atoms with Gasteiger partial charge in [0.2, 0.25) is 0 Å². The van der Waals surface area contributed by atoms with Gasteiger partial charge in [0.05, 0.1) is 24.6 Å². The smallest absolute Gasteiger partial charge is 0.338 e. The second-order valence-electron chi connectivity index (χ2n) is 6.91. The van der Waals surface area contributed by atoms with Gasteiger partial charge in [0, 0.05) is 16.1 Å². The third-order valence-electron chi connectivity index (χ3n) is 4.74. The van der Waals surface area contributed by atoms with Crippen LogP contribution in [0.4, 0.5) is 5.69 Å². The van der Waals surface area contributed by atoms with Gasteiger partial charge in [-0.15, -0.1) is 0 Å². The molecule has 6 heteroatoms. The molecule has 0 aliphatic carbocycles. The molecule has 0 aliphatic heterocycles. The molecular formula is C26H20ClNO4. The molecule has 0 aliphatic rings. The van der Waals surface area contributed by atoms with Crippen LogP contribution in [0.25, 0.3) is 11.3 Å². The molecule has 3 aromatic carbocycles. The van der Waals surface area contributed by atoms with Crippen molar-refractivity contribution in [2.45, 2.75) is 6.61 Å². The molecule has 0 fully saturated rings. The Bertz CT molecular complexity index is 1240. The van der Waals surface area contributed by atoms with Crippen molar-refractivity contribution in [2.24, 2.45) is 4.99 Å². The molecule has 5 nitrogen and oxygen atoms in total. The zero-order valence-corrected chi connectivity index (χ0v) is 18.1. The molecular weight excluding hydrogens is 426 g/mol. The molecule has 0 saturated carbocycles. The summed E-state index contributed by atoms with van der Waals surface area (Å²) in [6.45, 7) is 0.107. The number of hydrogen-bond donors (Lipinski definition) is 0. The van der Waals surface area contributed by atoms with Crippen molar-refractivity contribution >= 4 is 29.5 Å². The van der Waals surface area contributed by atoms with Gasteiger partial charge < -0.3 is 13.9 Å². The van der Waals surface area contributed by atoms with Crippen LogP contribution in [0.5, 0.6) is 5.75 Å². The number of rotatable bonds is 7. The van der Waals surface area contributed by atoms with E-state index in [4.69, 9.17) is 25.5 Å². The minimum atomic E-state index is -0.431. The summed E-state index contributed by atoms with van der Waals surface area (Å²) in [5.74, 6) is 1.57. The Morgan fingerprint density at radius 3 is 2.59 bits per heavy atom. The SMILES string of the molecule is COc1ccc(N=Cc2ccc(-c3cccc(C(=O)OCc4ccccc4Cl)c3)o2)cc1. The zero-order chi connectivity index (χ0) is 22.3. The van der Waals surface area contributed by atoms with Crippen molar-refractivity contribution in [3.05, 3.63) is 107 Å². The summed E-state index contributed by atoms with van der Waals surface area (Å²) in [4.78, 5) is 16.9. The lowest BCUT2D eigenvalue weighted by molar-refractivity contribution is 0.0473. The molecule has 0 saturated heterocycles. The van der Waals surface area contributed by atoms with Crippen LogP contribution < -0.4 is 4.74 Å². The second-order valence-corrected chi connectivity index (χ2v) is 7.31. The first kappa shape index (κ1) is 21.4. The number of halogens is 1. The van der Waals surface area contributed by atoms with Gasteiger partial charge in [-0.1, -0.05) is 41.9 Å². The Labute approximate surface area is 190 Å². The van der Waals surface area contributed by atoms with Gasteiger partial charge in [0.15, 0.2) is 0 Å². The maximum absolute atomic E-state index is 12.5. The number of ether oxygens (including phenoxy) is 2. The number of carbonyl (C=O) groups excluding carboxylic acids is 1. The van der Waals surface area contributed by atoms with Gasteiger partial charge in [0.1, 0.15) is 23.9 Å². The van der Waals surface area contributed by atoms with Crippen molar-refractivity contribution in [3.63, 3.8) is 0 Å². The summed E-state index contributed by atoms with van der Waals surface area (Å²) in [7, 11) is 1.62. The van der Waals surface area contributed by atoms with Crippen LogP contribution in [0.2, 0.25) is 5.02 Å². The normalized spacial score (nSPS) is 10.9. The number of nitrogens with zero attached hydrogens (tertiary/aromatic N) is 1. The maximum atomic E-state index is 12.5. The first-order chi connectivity index (χ1) is 15.6. The Morgan fingerprint density at radius 2 is 1.81 bits per heavy atom. The highest BCUT2D eigenvalue weighted by molar-refractivity contribution is 6.31. The average Bonchev–Trinajstić information content (AvgIpc) is 3.32. The van der Waals surface area contributed by atoms with E-state index in [0.29, 0.717) is 22.1 Å². The molecule has 0 N–H and O–H groups in total. The second kappa shape index (κ2) is 9.98. The lowest BCUT2D eigenvalue weighted by Gasteiger charge is -2.07. The van der Waals surface area contributed by atoms with Crippen LogP contribution in [0.15, 0.2) is 94.3 Å². The van der Waals surface area contributed by atoms with Crippen molar-refractivity contribution in [1.82, 2.24) is 0 Å². The number of furan rings is 1. The largest absolute Gasteiger partial charge is 0.497 e. The zero-order valence-electron chi connectivity index (χ0n) is 17.3. The molecule has 160 valence electrons. The Morgan fingerprint density at radius 1 is 1.00 bits per heavy atom. The monoisotopic (exact) mass is 445 g/mol. The Kier molecular flexibility index (Phi) is 6.68. The van der Waals surface area contributed by atoms with Crippen LogP contribution >= 0.6 is 11.6 Å². The first-order valence-electron chi connectivity index (χ1n) is 9.91. The number of hydrogen-bond acceptors (Lipinski definition) is 5. The fraction of sp³-hybridized carbons (Fsp3) is 0.0769. The molecule has 4 rings (SSSR count). The third kappa shape index (κ3) is 5.25. The summed E-state index contributed by atoms with van der Waals surface area (Å²) >= 11 is 6.12. The van der Waals surface area contributed by atoms with E-state index in [-0.39, 0.29) is 6.61 Å². The Balaban J connectivity index is 1.44. The molecule has 0 unspecified atom stereocenters. The fourth-order valence-corrected chi connectivity index (χ4v) is 3.22. The molecule has 1 aromatic heterocycles. The highest BCUT2D eigenvalue weighted by atomic mass is 35.5. The number of carbonyl (C=O) groups is 1. The molecule has 0 radical (unpaired) electrons. The van der Waals surface area contributed by atoms with E-state index in [1.807, 2.05) is 60.7 Å². The average molecular weight is 446 g/mol. The predicted molar refractivity (Wildman–Crippen MR) is 125 cm³/mol. The number of benzene rings is 3. The minimum Gasteiger partial charge on any atom is -0.497 e. The predicted octanol–water partition coefficient (Wildman–Crippen LogP) is 6.72. The summed E-state index contributed by atoms with van der Waals surface area (Å²) in [5, 5.41) is 0.563. The molecule has 4 aromatic rings. The fourth-order valence-electron chi connectivity index (χ4n) is 3.03. The van der Waals surface area contributed by atoms with Gasteiger partial charge in [0.25, 0.3) is 0 Å². The van der Waals surface area contributed by atoms with Crippen molar-refractivity contribution in [2.75, 3.05) is 7.11 Å². The van der Waals surface area contributed by atoms with E-state index in [1.165, 1.54) is 0 Å². The minimum absolute atomic E-state index is 0.107. The van der Waals surface area contributed by atoms with Gasteiger partial charge in [-0.25, -0.2) is 4.79 Å². The van der Waals surface area contributed by atoms with Crippen molar-refractivity contribution in [1.29, 1.82) is 0 Å². The van der Waals surface area contributed by atoms with Gasteiger partial charge in [-0.2, -0.15) is 0 Å². The topological polar surface area (TPSA) is 61.0 Å². The van der Waals surface area contributed by atoms with Crippen molar-refractivity contribution in [3.8, 4) is 17.1 Å². The first-order valence-corrected chi connectivity index (χ1v) is 10.3. The molecule has 0 amide bonds. The van der Waals surface area contributed by atoms with E-state index in [2.05, 4.69) is 4.99 Å². The highest BCUT2D eigenvalue weighted by Gasteiger charge is 2.11. The van der Waals surface area contributed by atoms with Crippen LogP contribution in [-0.2, 0) is 11.3 Å². The van der Waals surface area contributed by atoms with Crippen LogP contribution in [0.3, 0.4) is 0 Å². The highest BCUT2D eigenvalue weighted by Crippen LogP contribution is 2.24. The van der Waals surface area contributed by atoms with E-state index in [1.54, 1.807) is 37.6 Å². The van der Waals surface area contributed by atoms with E-state index in [0.717, 1.165) is 22.6 Å². The van der Waals surface area contributed by atoms with Crippen LogP contribution in [-0.4, -0.2) is 19.3 Å². The third-order valence-corrected chi connectivity index (χ3v) is 5.11. The Hall–Kier alpha value is -3.83. The molecule has 1 heterocycles.